The van der Waals surface area contributed by atoms with Crippen LogP contribution in [0, 0.1) is 6.92 Å². The monoisotopic (exact) mass is 401 g/mol. The Labute approximate surface area is 165 Å². The largest absolute Gasteiger partial charge is 0.495 e. The first-order valence-corrected chi connectivity index (χ1v) is 10.5. The van der Waals surface area contributed by atoms with Crippen LogP contribution in [0.15, 0.2) is 71.3 Å². The fourth-order valence-corrected chi connectivity index (χ4v) is 3.75. The highest BCUT2D eigenvalue weighted by Gasteiger charge is 2.24. The number of amides is 1. The zero-order valence-corrected chi connectivity index (χ0v) is 16.4. The fourth-order valence-electron chi connectivity index (χ4n) is 2.76. The van der Waals surface area contributed by atoms with Crippen LogP contribution in [-0.4, -0.2) is 27.0 Å². The van der Waals surface area contributed by atoms with Crippen molar-refractivity contribution in [2.24, 2.45) is 0 Å². The number of rotatable bonds is 7. The van der Waals surface area contributed by atoms with Crippen LogP contribution in [0.2, 0.25) is 0 Å². The van der Waals surface area contributed by atoms with Crippen molar-refractivity contribution in [3.8, 4) is 0 Å². The van der Waals surface area contributed by atoms with Gasteiger partial charge in [-0.15, -0.1) is 0 Å². The second kappa shape index (κ2) is 9.03. The van der Waals surface area contributed by atoms with E-state index in [1.165, 1.54) is 18.4 Å². The van der Waals surface area contributed by atoms with Gasteiger partial charge in [0.1, 0.15) is 6.10 Å². The molecule has 1 heterocycles. The van der Waals surface area contributed by atoms with Crippen molar-refractivity contribution in [2.45, 2.75) is 37.4 Å². The molecule has 1 aliphatic heterocycles. The van der Waals surface area contributed by atoms with E-state index in [0.29, 0.717) is 31.6 Å². The summed E-state index contributed by atoms with van der Waals surface area (Å²) >= 11 is 0. The number of carbonyl (C=O) groups is 1. The van der Waals surface area contributed by atoms with Gasteiger partial charge in [-0.1, -0.05) is 48.0 Å². The Balaban J connectivity index is 1.49. The molecule has 6 nitrogen and oxygen atoms in total. The molecule has 1 atom stereocenters. The van der Waals surface area contributed by atoms with Gasteiger partial charge >= 0.3 is 0 Å². The maximum atomic E-state index is 12.3. The number of hydrogen-bond donors (Lipinski definition) is 1. The summed E-state index contributed by atoms with van der Waals surface area (Å²) in [5.74, 6) is -0.663. The molecule has 0 aromatic heterocycles. The number of nitrogens with one attached hydrogen (secondary N) is 1. The van der Waals surface area contributed by atoms with Gasteiger partial charge in [-0.25, -0.2) is 13.1 Å². The van der Waals surface area contributed by atoms with E-state index < -0.39 is 15.9 Å². The predicted molar refractivity (Wildman–Crippen MR) is 105 cm³/mol. The number of carbonyl (C=O) groups excluding carboxylic acids is 1. The summed E-state index contributed by atoms with van der Waals surface area (Å²) in [7, 11) is -3.90. The first-order chi connectivity index (χ1) is 13.4. The van der Waals surface area contributed by atoms with E-state index >= 15 is 0 Å². The summed E-state index contributed by atoms with van der Waals surface area (Å²) in [6.07, 6.45) is 2.18. The van der Waals surface area contributed by atoms with E-state index in [0.717, 1.165) is 11.1 Å². The van der Waals surface area contributed by atoms with Crippen LogP contribution in [0.5, 0.6) is 0 Å². The molecule has 1 unspecified atom stereocenters. The van der Waals surface area contributed by atoms with E-state index in [2.05, 4.69) is 4.72 Å². The van der Waals surface area contributed by atoms with Crippen LogP contribution in [-0.2, 0) is 30.9 Å². The van der Waals surface area contributed by atoms with Crippen LogP contribution in [0.25, 0.3) is 0 Å². The van der Waals surface area contributed by atoms with Crippen LogP contribution >= 0.6 is 0 Å². The van der Waals surface area contributed by atoms with Crippen LogP contribution < -0.4 is 4.72 Å². The number of hydrogen-bond acceptors (Lipinski definition) is 5. The normalized spacial score (nSPS) is 16.8. The third-order valence-corrected chi connectivity index (χ3v) is 5.75. The smallest absolute Gasteiger partial charge is 0.264 e. The molecule has 28 heavy (non-hydrogen) atoms. The molecule has 2 aromatic rings. The zero-order chi connectivity index (χ0) is 20.0. The number of benzene rings is 2. The van der Waals surface area contributed by atoms with Gasteiger partial charge in [0.25, 0.3) is 15.9 Å². The number of sulfonamides is 1. The van der Waals surface area contributed by atoms with Crippen molar-refractivity contribution in [3.05, 3.63) is 77.6 Å². The first kappa shape index (κ1) is 20.1. The van der Waals surface area contributed by atoms with Gasteiger partial charge in [-0.2, -0.15) is 0 Å². The fraction of sp³-hybridized carbons (Fsp3) is 0.286. The van der Waals surface area contributed by atoms with Crippen molar-refractivity contribution < 1.29 is 22.7 Å². The van der Waals surface area contributed by atoms with Gasteiger partial charge in [-0.05, 0) is 37.5 Å². The first-order valence-electron chi connectivity index (χ1n) is 9.04. The molecule has 1 amide bonds. The van der Waals surface area contributed by atoms with Crippen molar-refractivity contribution in [2.75, 3.05) is 6.61 Å². The Morgan fingerprint density at radius 2 is 1.86 bits per heavy atom. The summed E-state index contributed by atoms with van der Waals surface area (Å²) in [6.45, 7) is 2.76. The van der Waals surface area contributed by atoms with Crippen LogP contribution in [0.1, 0.15) is 24.0 Å². The lowest BCUT2D eigenvalue weighted by Gasteiger charge is -2.22. The SMILES string of the molecule is Cc1ccc(S(=O)(=O)NC(=O)C2=COC(COCc3ccccc3)CC2)cc1. The third kappa shape index (κ3) is 5.43. The highest BCUT2D eigenvalue weighted by atomic mass is 32.2. The minimum atomic E-state index is -3.90. The molecule has 1 N–H and O–H groups in total. The molecular formula is C21H23NO5S. The Kier molecular flexibility index (Phi) is 6.49. The highest BCUT2D eigenvalue weighted by Crippen LogP contribution is 2.19. The average Bonchev–Trinajstić information content (AvgIpc) is 2.69. The van der Waals surface area contributed by atoms with Crippen molar-refractivity contribution in [3.63, 3.8) is 0 Å². The van der Waals surface area contributed by atoms with Gasteiger partial charge in [0, 0.05) is 0 Å². The molecule has 0 saturated carbocycles. The molecule has 0 saturated heterocycles. The second-order valence-corrected chi connectivity index (χ2v) is 8.37. The summed E-state index contributed by atoms with van der Waals surface area (Å²) < 4.78 is 37.9. The highest BCUT2D eigenvalue weighted by molar-refractivity contribution is 7.90. The quantitative estimate of drug-likeness (QED) is 0.771. The maximum Gasteiger partial charge on any atom is 0.264 e. The van der Waals surface area contributed by atoms with Gasteiger partial charge in [0.2, 0.25) is 0 Å². The standard InChI is InChI=1S/C21H23NO5S/c1-16-7-11-20(12-8-16)28(24,25)22-21(23)18-9-10-19(27-14-18)15-26-13-17-5-3-2-4-6-17/h2-8,11-12,14,19H,9-10,13,15H2,1H3,(H,22,23). The van der Waals surface area contributed by atoms with Gasteiger partial charge in [0.15, 0.2) is 0 Å². The minimum absolute atomic E-state index is 0.0518. The zero-order valence-electron chi connectivity index (χ0n) is 15.6. The Morgan fingerprint density at radius 1 is 1.14 bits per heavy atom. The Morgan fingerprint density at radius 3 is 2.50 bits per heavy atom. The van der Waals surface area contributed by atoms with E-state index in [4.69, 9.17) is 9.47 Å². The predicted octanol–water partition coefficient (Wildman–Crippen LogP) is 3.08. The van der Waals surface area contributed by atoms with E-state index in [1.807, 2.05) is 37.3 Å². The molecule has 3 rings (SSSR count). The summed E-state index contributed by atoms with van der Waals surface area (Å²) in [4.78, 5) is 12.3. The molecule has 2 aromatic carbocycles. The minimum Gasteiger partial charge on any atom is -0.495 e. The molecule has 0 bridgehead atoms. The van der Waals surface area contributed by atoms with Crippen molar-refractivity contribution in [1.29, 1.82) is 0 Å². The van der Waals surface area contributed by atoms with E-state index in [-0.39, 0.29) is 11.0 Å². The lowest BCUT2D eigenvalue weighted by Crippen LogP contribution is -2.33. The molecular weight excluding hydrogens is 378 g/mol. The molecule has 148 valence electrons. The van der Waals surface area contributed by atoms with Crippen molar-refractivity contribution >= 4 is 15.9 Å². The molecule has 7 heteroatoms. The molecule has 0 aliphatic carbocycles. The van der Waals surface area contributed by atoms with Crippen LogP contribution in [0.3, 0.4) is 0 Å². The summed E-state index contributed by atoms with van der Waals surface area (Å²) in [5, 5.41) is 0. The molecule has 0 spiro atoms. The van der Waals surface area contributed by atoms with Crippen molar-refractivity contribution in [1.82, 2.24) is 4.72 Å². The lowest BCUT2D eigenvalue weighted by molar-refractivity contribution is -0.116. The average molecular weight is 401 g/mol. The summed E-state index contributed by atoms with van der Waals surface area (Å²) in [5.41, 5.74) is 2.32. The van der Waals surface area contributed by atoms with Gasteiger partial charge in [-0.3, -0.25) is 4.79 Å². The molecule has 1 aliphatic rings. The van der Waals surface area contributed by atoms with Crippen LogP contribution in [0.4, 0.5) is 0 Å². The topological polar surface area (TPSA) is 81.7 Å². The van der Waals surface area contributed by atoms with Gasteiger partial charge < -0.3 is 9.47 Å². The second-order valence-electron chi connectivity index (χ2n) is 6.69. The number of ether oxygens (including phenoxy) is 2. The van der Waals surface area contributed by atoms with E-state index in [1.54, 1.807) is 12.1 Å². The Hall–Kier alpha value is -2.64. The molecule has 0 fully saturated rings. The number of aryl methyl sites for hydroxylation is 1. The Bertz CT molecular complexity index is 937. The molecule has 0 radical (unpaired) electrons. The summed E-state index contributed by atoms with van der Waals surface area (Å²) in [6, 6.07) is 16.1. The maximum absolute atomic E-state index is 12.3. The third-order valence-electron chi connectivity index (χ3n) is 4.40. The van der Waals surface area contributed by atoms with Gasteiger partial charge in [0.05, 0.1) is 29.9 Å². The lowest BCUT2D eigenvalue weighted by atomic mass is 10.1. The van der Waals surface area contributed by atoms with E-state index in [9.17, 15) is 13.2 Å².